The van der Waals surface area contributed by atoms with Gasteiger partial charge >= 0.3 is 6.09 Å². The summed E-state index contributed by atoms with van der Waals surface area (Å²) in [5.74, 6) is -1.20. The highest BCUT2D eigenvalue weighted by Gasteiger charge is 2.39. The molecule has 3 aromatic rings. The fourth-order valence-electron chi connectivity index (χ4n) is 4.12. The first kappa shape index (κ1) is 27.0. The summed E-state index contributed by atoms with van der Waals surface area (Å²) < 4.78 is 12.3. The number of hydrogen-bond acceptors (Lipinski definition) is 7. The number of aliphatic hydroxyl groups excluding tert-OH is 1. The van der Waals surface area contributed by atoms with Crippen molar-refractivity contribution in [1.82, 2.24) is 9.88 Å². The highest BCUT2D eigenvalue weighted by atomic mass is 16.6. The molecule has 0 spiro atoms. The zero-order valence-corrected chi connectivity index (χ0v) is 21.7. The summed E-state index contributed by atoms with van der Waals surface area (Å²) in [4.78, 5) is 39.2. The number of morpholine rings is 1. The number of carbonyl (C=O) groups excluding carboxylic acids is 3. The standard InChI is InChI=1S/C27H32N4O7/c1-27(2,3)38-26(36)28-14-16-5-7-18(8-6-16)29-23(33)21(32)22-25(35)31(11-12-37-22)19-9-10-20-17(13-19)15-30(4)24(20)34/h5-10,13,15,21-22,32,34H,11-12,14H2,1-4H3,(H,28,36)(H,29,33)/t21-,22-/m1/s1. The summed E-state index contributed by atoms with van der Waals surface area (Å²) in [6.07, 6.45) is -1.90. The number of anilines is 2. The first-order valence-electron chi connectivity index (χ1n) is 12.2. The Morgan fingerprint density at radius 2 is 1.89 bits per heavy atom. The van der Waals surface area contributed by atoms with Gasteiger partial charge in [0.25, 0.3) is 11.8 Å². The monoisotopic (exact) mass is 524 g/mol. The minimum atomic E-state index is -1.73. The number of ether oxygens (including phenoxy) is 2. The maximum Gasteiger partial charge on any atom is 0.407 e. The number of nitrogens with zero attached hydrogens (tertiary/aromatic N) is 2. The molecule has 0 bridgehead atoms. The summed E-state index contributed by atoms with van der Waals surface area (Å²) in [5.41, 5.74) is 1.16. The van der Waals surface area contributed by atoms with E-state index in [0.29, 0.717) is 16.8 Å². The fourth-order valence-corrected chi connectivity index (χ4v) is 4.12. The molecule has 2 atom stereocenters. The van der Waals surface area contributed by atoms with Crippen LogP contribution in [-0.4, -0.2) is 63.6 Å². The van der Waals surface area contributed by atoms with E-state index in [0.717, 1.165) is 10.9 Å². The SMILES string of the molecule is Cn1cc2cc(N3CCO[C@H]([C@@H](O)C(=O)Nc4ccc(CNC(=O)OC(C)(C)C)cc4)C3=O)ccc2c1O. The molecule has 4 rings (SSSR count). The smallest absolute Gasteiger partial charge is 0.407 e. The number of aromatic nitrogens is 1. The molecule has 2 aromatic carbocycles. The van der Waals surface area contributed by atoms with Crippen LogP contribution in [0.15, 0.2) is 48.7 Å². The first-order valence-corrected chi connectivity index (χ1v) is 12.2. The first-order chi connectivity index (χ1) is 17.9. The molecule has 4 N–H and O–H groups in total. The number of fused-ring (bicyclic) bond motifs is 1. The number of alkyl carbamates (subject to hydrolysis) is 1. The van der Waals surface area contributed by atoms with Gasteiger partial charge in [0.2, 0.25) is 0 Å². The van der Waals surface area contributed by atoms with Gasteiger partial charge in [0, 0.05) is 48.5 Å². The second-order valence-electron chi connectivity index (χ2n) is 10.1. The van der Waals surface area contributed by atoms with Gasteiger partial charge < -0.3 is 39.8 Å². The van der Waals surface area contributed by atoms with E-state index in [1.807, 2.05) is 0 Å². The second-order valence-corrected chi connectivity index (χ2v) is 10.1. The number of aromatic hydroxyl groups is 1. The Balaban J connectivity index is 1.36. The third kappa shape index (κ3) is 6.06. The van der Waals surface area contributed by atoms with Gasteiger partial charge in [-0.25, -0.2) is 4.79 Å². The molecule has 11 heteroatoms. The van der Waals surface area contributed by atoms with Crippen LogP contribution in [0.4, 0.5) is 16.2 Å². The van der Waals surface area contributed by atoms with Crippen LogP contribution >= 0.6 is 0 Å². The highest BCUT2D eigenvalue weighted by molar-refractivity contribution is 6.05. The molecule has 202 valence electrons. The zero-order valence-electron chi connectivity index (χ0n) is 21.7. The van der Waals surface area contributed by atoms with Crippen molar-refractivity contribution in [2.24, 2.45) is 7.05 Å². The molecule has 1 fully saturated rings. The van der Waals surface area contributed by atoms with E-state index < -0.39 is 35.7 Å². The predicted molar refractivity (Wildman–Crippen MR) is 141 cm³/mol. The van der Waals surface area contributed by atoms with Crippen LogP contribution < -0.4 is 15.5 Å². The van der Waals surface area contributed by atoms with Gasteiger partial charge in [-0.3, -0.25) is 9.59 Å². The lowest BCUT2D eigenvalue weighted by Gasteiger charge is -2.34. The van der Waals surface area contributed by atoms with Gasteiger partial charge in [0.05, 0.1) is 6.61 Å². The van der Waals surface area contributed by atoms with Crippen molar-refractivity contribution in [3.05, 3.63) is 54.2 Å². The average Bonchev–Trinajstić information content (AvgIpc) is 3.14. The van der Waals surface area contributed by atoms with Crippen LogP contribution in [0.5, 0.6) is 5.88 Å². The van der Waals surface area contributed by atoms with E-state index in [2.05, 4.69) is 10.6 Å². The van der Waals surface area contributed by atoms with E-state index in [-0.39, 0.29) is 25.6 Å². The van der Waals surface area contributed by atoms with Crippen LogP contribution in [0, 0.1) is 0 Å². The Morgan fingerprint density at radius 1 is 1.18 bits per heavy atom. The van der Waals surface area contributed by atoms with E-state index in [9.17, 15) is 24.6 Å². The minimum absolute atomic E-state index is 0.122. The van der Waals surface area contributed by atoms with Crippen molar-refractivity contribution >= 4 is 40.1 Å². The highest BCUT2D eigenvalue weighted by Crippen LogP contribution is 2.31. The molecule has 0 aliphatic carbocycles. The minimum Gasteiger partial charge on any atom is -0.494 e. The third-order valence-corrected chi connectivity index (χ3v) is 5.99. The van der Waals surface area contributed by atoms with Crippen molar-refractivity contribution < 1.29 is 34.1 Å². The Kier molecular flexibility index (Phi) is 7.61. The molecule has 0 saturated carbocycles. The molecule has 1 aliphatic rings. The average molecular weight is 525 g/mol. The van der Waals surface area contributed by atoms with Crippen molar-refractivity contribution in [3.8, 4) is 5.88 Å². The Bertz CT molecular complexity index is 1340. The maximum absolute atomic E-state index is 13.2. The second kappa shape index (κ2) is 10.7. The van der Waals surface area contributed by atoms with Gasteiger partial charge in [-0.05, 0) is 56.7 Å². The van der Waals surface area contributed by atoms with Gasteiger partial charge in [-0.15, -0.1) is 0 Å². The normalized spacial score (nSPS) is 16.8. The molecule has 11 nitrogen and oxygen atoms in total. The molecule has 1 aromatic heterocycles. The fraction of sp³-hybridized carbons (Fsp3) is 0.370. The molecule has 3 amide bonds. The van der Waals surface area contributed by atoms with Crippen LogP contribution in [0.1, 0.15) is 26.3 Å². The molecule has 0 radical (unpaired) electrons. The lowest BCUT2D eigenvalue weighted by atomic mass is 10.1. The topological polar surface area (TPSA) is 142 Å². The van der Waals surface area contributed by atoms with Crippen LogP contribution in [-0.2, 0) is 32.7 Å². The molecule has 1 aliphatic heterocycles. The van der Waals surface area contributed by atoms with Gasteiger partial charge in [0.15, 0.2) is 18.1 Å². The Hall–Kier alpha value is -4.09. The zero-order chi connectivity index (χ0) is 27.6. The van der Waals surface area contributed by atoms with Gasteiger partial charge in [0.1, 0.15) is 5.60 Å². The number of benzene rings is 2. The van der Waals surface area contributed by atoms with Crippen LogP contribution in [0.2, 0.25) is 0 Å². The van der Waals surface area contributed by atoms with Crippen LogP contribution in [0.25, 0.3) is 10.8 Å². The summed E-state index contributed by atoms with van der Waals surface area (Å²) in [7, 11) is 1.72. The van der Waals surface area contributed by atoms with Crippen molar-refractivity contribution in [2.75, 3.05) is 23.4 Å². The molecule has 0 unspecified atom stereocenters. The summed E-state index contributed by atoms with van der Waals surface area (Å²) in [6.45, 7) is 5.96. The number of nitrogens with one attached hydrogen (secondary N) is 2. The number of carbonyl (C=O) groups is 3. The number of rotatable bonds is 6. The molecular formula is C27H32N4O7. The Labute approximate surface area is 219 Å². The maximum atomic E-state index is 13.2. The molecular weight excluding hydrogens is 492 g/mol. The lowest BCUT2D eigenvalue weighted by Crippen LogP contribution is -2.55. The molecule has 1 saturated heterocycles. The van der Waals surface area contributed by atoms with Crippen molar-refractivity contribution in [2.45, 2.75) is 45.1 Å². The number of amides is 3. The molecule has 2 heterocycles. The van der Waals surface area contributed by atoms with Crippen LogP contribution in [0.3, 0.4) is 0 Å². The lowest BCUT2D eigenvalue weighted by molar-refractivity contribution is -0.150. The van der Waals surface area contributed by atoms with E-state index in [1.54, 1.807) is 81.0 Å². The number of aliphatic hydroxyl groups is 1. The van der Waals surface area contributed by atoms with Gasteiger partial charge in [-0.2, -0.15) is 0 Å². The third-order valence-electron chi connectivity index (χ3n) is 5.99. The van der Waals surface area contributed by atoms with E-state index >= 15 is 0 Å². The summed E-state index contributed by atoms with van der Waals surface area (Å²) in [5, 5.41) is 27.4. The summed E-state index contributed by atoms with van der Waals surface area (Å²) >= 11 is 0. The van der Waals surface area contributed by atoms with Crippen molar-refractivity contribution in [1.29, 1.82) is 0 Å². The quantitative estimate of drug-likeness (QED) is 0.388. The molecule has 38 heavy (non-hydrogen) atoms. The van der Waals surface area contributed by atoms with E-state index in [4.69, 9.17) is 9.47 Å². The number of aryl methyl sites for hydroxylation is 1. The summed E-state index contributed by atoms with van der Waals surface area (Å²) in [6, 6.07) is 11.8. The van der Waals surface area contributed by atoms with E-state index in [1.165, 1.54) is 4.90 Å². The largest absolute Gasteiger partial charge is 0.494 e. The Morgan fingerprint density at radius 3 is 2.58 bits per heavy atom. The number of hydrogen-bond donors (Lipinski definition) is 4. The van der Waals surface area contributed by atoms with Gasteiger partial charge in [-0.1, -0.05) is 12.1 Å². The predicted octanol–water partition coefficient (Wildman–Crippen LogP) is 2.64. The van der Waals surface area contributed by atoms with Crippen molar-refractivity contribution in [3.63, 3.8) is 0 Å².